The fraction of sp³-hybridized carbons (Fsp3) is 0.400. The molecule has 1 saturated heterocycles. The predicted molar refractivity (Wildman–Crippen MR) is 133 cm³/mol. The highest BCUT2D eigenvalue weighted by Gasteiger charge is 2.25. The van der Waals surface area contributed by atoms with Crippen molar-refractivity contribution in [3.8, 4) is 11.4 Å². The van der Waals surface area contributed by atoms with Gasteiger partial charge in [0.25, 0.3) is 0 Å². The number of carbonyl (C=O) groups excluding carboxylic acids is 1. The standard InChI is InChI=1S/C25H29ClN4O2S/c26-22-9-7-20(8-10-22)24-28-23(32-29-24)17-30-14-11-21(12-15-30)25(31)27-13-4-16-33-18-19-5-2-1-3-6-19/h1-3,5-10,21H,4,11-18H2,(H,27,31). The lowest BCUT2D eigenvalue weighted by Crippen LogP contribution is -2.40. The highest BCUT2D eigenvalue weighted by Crippen LogP contribution is 2.22. The summed E-state index contributed by atoms with van der Waals surface area (Å²) in [4.78, 5) is 19.3. The minimum absolute atomic E-state index is 0.0885. The summed E-state index contributed by atoms with van der Waals surface area (Å²) in [5.41, 5.74) is 2.23. The van der Waals surface area contributed by atoms with Crippen LogP contribution in [0, 0.1) is 5.92 Å². The van der Waals surface area contributed by atoms with Crippen molar-refractivity contribution in [3.05, 3.63) is 71.1 Å². The molecule has 0 spiro atoms. The molecule has 4 rings (SSSR count). The first kappa shape index (κ1) is 23.8. The Kier molecular flexibility index (Phi) is 8.80. The van der Waals surface area contributed by atoms with Crippen molar-refractivity contribution >= 4 is 29.3 Å². The first-order chi connectivity index (χ1) is 16.2. The number of nitrogens with one attached hydrogen (secondary N) is 1. The van der Waals surface area contributed by atoms with E-state index < -0.39 is 0 Å². The van der Waals surface area contributed by atoms with E-state index in [2.05, 4.69) is 44.6 Å². The fourth-order valence-electron chi connectivity index (χ4n) is 3.87. The largest absolute Gasteiger partial charge is 0.356 e. The average molecular weight is 485 g/mol. The van der Waals surface area contributed by atoms with Gasteiger partial charge in [0.1, 0.15) is 0 Å². The molecule has 174 valence electrons. The number of rotatable bonds is 10. The van der Waals surface area contributed by atoms with Crippen LogP contribution in [0.2, 0.25) is 5.02 Å². The molecule has 0 unspecified atom stereocenters. The van der Waals surface area contributed by atoms with Crippen molar-refractivity contribution < 1.29 is 9.32 Å². The predicted octanol–water partition coefficient (Wildman–Crippen LogP) is 5.04. The van der Waals surface area contributed by atoms with Gasteiger partial charge in [-0.1, -0.05) is 47.1 Å². The summed E-state index contributed by atoms with van der Waals surface area (Å²) in [7, 11) is 0. The molecule has 8 heteroatoms. The van der Waals surface area contributed by atoms with E-state index in [-0.39, 0.29) is 11.8 Å². The van der Waals surface area contributed by atoms with Crippen LogP contribution in [0.15, 0.2) is 59.1 Å². The SMILES string of the molecule is O=C(NCCCSCc1ccccc1)C1CCN(Cc2nc(-c3ccc(Cl)cc3)no2)CC1. The molecule has 1 aliphatic rings. The summed E-state index contributed by atoms with van der Waals surface area (Å²) < 4.78 is 5.42. The molecular formula is C25H29ClN4O2S. The molecule has 1 fully saturated rings. The number of aromatic nitrogens is 2. The van der Waals surface area contributed by atoms with E-state index in [4.69, 9.17) is 16.1 Å². The Morgan fingerprint density at radius 1 is 1.12 bits per heavy atom. The number of thioether (sulfide) groups is 1. The maximum atomic E-state index is 12.5. The topological polar surface area (TPSA) is 71.3 Å². The molecule has 1 N–H and O–H groups in total. The number of carbonyl (C=O) groups is 1. The number of hydrogen-bond acceptors (Lipinski definition) is 6. The number of amides is 1. The molecule has 33 heavy (non-hydrogen) atoms. The second-order valence-corrected chi connectivity index (χ2v) is 9.79. The van der Waals surface area contributed by atoms with Gasteiger partial charge in [-0.15, -0.1) is 0 Å². The van der Waals surface area contributed by atoms with Crippen molar-refractivity contribution in [2.24, 2.45) is 5.92 Å². The summed E-state index contributed by atoms with van der Waals surface area (Å²) in [6.45, 7) is 3.05. The van der Waals surface area contributed by atoms with Crippen LogP contribution in [0.25, 0.3) is 11.4 Å². The number of halogens is 1. The first-order valence-electron chi connectivity index (χ1n) is 11.4. The van der Waals surface area contributed by atoms with Gasteiger partial charge in [-0.05, 0) is 67.9 Å². The van der Waals surface area contributed by atoms with Gasteiger partial charge in [-0.25, -0.2) is 0 Å². The minimum atomic E-state index is 0.0885. The van der Waals surface area contributed by atoms with Gasteiger partial charge < -0.3 is 9.84 Å². The Morgan fingerprint density at radius 3 is 2.64 bits per heavy atom. The number of hydrogen-bond donors (Lipinski definition) is 1. The summed E-state index contributed by atoms with van der Waals surface area (Å²) >= 11 is 7.85. The van der Waals surface area contributed by atoms with Crippen molar-refractivity contribution in [2.45, 2.75) is 31.6 Å². The molecule has 0 aliphatic carbocycles. The molecule has 6 nitrogen and oxygen atoms in total. The summed E-state index contributed by atoms with van der Waals surface area (Å²) in [6.07, 6.45) is 2.70. The van der Waals surface area contributed by atoms with Crippen LogP contribution < -0.4 is 5.32 Å². The van der Waals surface area contributed by atoms with E-state index >= 15 is 0 Å². The third-order valence-corrected chi connectivity index (χ3v) is 7.13. The average Bonchev–Trinajstić information content (AvgIpc) is 3.31. The van der Waals surface area contributed by atoms with Gasteiger partial charge in [0, 0.05) is 28.8 Å². The zero-order chi connectivity index (χ0) is 22.9. The molecule has 0 saturated carbocycles. The van der Waals surface area contributed by atoms with Crippen molar-refractivity contribution in [2.75, 3.05) is 25.4 Å². The molecule has 2 heterocycles. The van der Waals surface area contributed by atoms with E-state index in [9.17, 15) is 4.79 Å². The van der Waals surface area contributed by atoms with Crippen LogP contribution in [-0.2, 0) is 17.1 Å². The Morgan fingerprint density at radius 2 is 1.88 bits per heavy atom. The molecule has 1 aromatic heterocycles. The maximum absolute atomic E-state index is 12.5. The Bertz CT molecular complexity index is 1000. The van der Waals surface area contributed by atoms with Crippen molar-refractivity contribution in [1.29, 1.82) is 0 Å². The smallest absolute Gasteiger partial charge is 0.241 e. The molecule has 2 aromatic carbocycles. The number of likely N-dealkylation sites (tertiary alicyclic amines) is 1. The van der Waals surface area contributed by atoms with Crippen LogP contribution in [0.3, 0.4) is 0 Å². The number of nitrogens with zero attached hydrogens (tertiary/aromatic N) is 3. The van der Waals surface area contributed by atoms with Crippen LogP contribution in [0.4, 0.5) is 0 Å². The molecule has 1 aliphatic heterocycles. The van der Waals surface area contributed by atoms with Crippen LogP contribution in [0.5, 0.6) is 0 Å². The third kappa shape index (κ3) is 7.32. The molecule has 1 amide bonds. The molecule has 0 radical (unpaired) electrons. The number of benzene rings is 2. The zero-order valence-electron chi connectivity index (χ0n) is 18.6. The molecule has 3 aromatic rings. The van der Waals surface area contributed by atoms with E-state index in [1.807, 2.05) is 42.1 Å². The van der Waals surface area contributed by atoms with Gasteiger partial charge in [-0.3, -0.25) is 9.69 Å². The highest BCUT2D eigenvalue weighted by molar-refractivity contribution is 7.98. The Balaban J connectivity index is 1.11. The van der Waals surface area contributed by atoms with Crippen LogP contribution >= 0.6 is 23.4 Å². The van der Waals surface area contributed by atoms with Gasteiger partial charge >= 0.3 is 0 Å². The highest BCUT2D eigenvalue weighted by atomic mass is 35.5. The maximum Gasteiger partial charge on any atom is 0.241 e. The van der Waals surface area contributed by atoms with E-state index in [1.54, 1.807) is 0 Å². The van der Waals surface area contributed by atoms with Gasteiger partial charge in [0.2, 0.25) is 17.6 Å². The summed E-state index contributed by atoms with van der Waals surface area (Å²) in [6, 6.07) is 17.9. The van der Waals surface area contributed by atoms with Crippen molar-refractivity contribution in [3.63, 3.8) is 0 Å². The summed E-state index contributed by atoms with van der Waals surface area (Å²) in [5.74, 6) is 3.51. The van der Waals surface area contributed by atoms with Gasteiger partial charge in [0.15, 0.2) is 0 Å². The van der Waals surface area contributed by atoms with Gasteiger partial charge in [0.05, 0.1) is 6.54 Å². The van der Waals surface area contributed by atoms with E-state index in [0.717, 1.165) is 56.0 Å². The first-order valence-corrected chi connectivity index (χ1v) is 12.9. The van der Waals surface area contributed by atoms with E-state index in [1.165, 1.54) is 5.56 Å². The summed E-state index contributed by atoms with van der Waals surface area (Å²) in [5, 5.41) is 7.87. The lowest BCUT2D eigenvalue weighted by molar-refractivity contribution is -0.126. The lowest BCUT2D eigenvalue weighted by Gasteiger charge is -2.30. The zero-order valence-corrected chi connectivity index (χ0v) is 20.2. The third-order valence-electron chi connectivity index (χ3n) is 5.76. The molecule has 0 atom stereocenters. The molecule has 0 bridgehead atoms. The monoisotopic (exact) mass is 484 g/mol. The van der Waals surface area contributed by atoms with Crippen LogP contribution in [-0.4, -0.2) is 46.3 Å². The fourth-order valence-corrected chi connectivity index (χ4v) is 4.92. The number of piperidine rings is 1. The van der Waals surface area contributed by atoms with Gasteiger partial charge in [-0.2, -0.15) is 16.7 Å². The second-order valence-electron chi connectivity index (χ2n) is 8.25. The van der Waals surface area contributed by atoms with Crippen LogP contribution in [0.1, 0.15) is 30.7 Å². The van der Waals surface area contributed by atoms with Crippen molar-refractivity contribution in [1.82, 2.24) is 20.4 Å². The molecular weight excluding hydrogens is 456 g/mol. The minimum Gasteiger partial charge on any atom is -0.356 e. The second kappa shape index (κ2) is 12.2. The quantitative estimate of drug-likeness (QED) is 0.406. The Hall–Kier alpha value is -2.35. The lowest BCUT2D eigenvalue weighted by atomic mass is 9.96. The van der Waals surface area contributed by atoms with E-state index in [0.29, 0.717) is 23.3 Å². The Labute approximate surface area is 204 Å². The normalized spacial score (nSPS) is 14.9.